The maximum absolute atomic E-state index is 13.6. The van der Waals surface area contributed by atoms with E-state index in [1.54, 1.807) is 48.5 Å². The van der Waals surface area contributed by atoms with Gasteiger partial charge in [-0.2, -0.15) is 15.8 Å². The van der Waals surface area contributed by atoms with Gasteiger partial charge < -0.3 is 18.9 Å². The van der Waals surface area contributed by atoms with Gasteiger partial charge in [0.25, 0.3) is 0 Å². The number of benzene rings is 9. The van der Waals surface area contributed by atoms with E-state index in [1.807, 2.05) is 68.4 Å². The molecule has 0 aliphatic heterocycles. The smallest absolute Gasteiger partial charge is 0.206 e. The Morgan fingerprint density at radius 3 is 1.04 bits per heavy atom. The molecule has 0 heterocycles. The van der Waals surface area contributed by atoms with Crippen LogP contribution in [0.3, 0.4) is 0 Å². The molecule has 0 aromatic heterocycles. The summed E-state index contributed by atoms with van der Waals surface area (Å²) in [5, 5.41) is 29.8. The third kappa shape index (κ3) is 7.93. The summed E-state index contributed by atoms with van der Waals surface area (Å²) in [5.41, 5.74) is 8.50. The lowest BCUT2D eigenvalue weighted by molar-refractivity contribution is 0.457. The Bertz CT molecular complexity index is 3670. The van der Waals surface area contributed by atoms with Gasteiger partial charge in [0, 0.05) is 0 Å². The van der Waals surface area contributed by atoms with Gasteiger partial charge in [0.1, 0.15) is 69.8 Å². The number of rotatable bonds is 12. The summed E-state index contributed by atoms with van der Waals surface area (Å²) < 4.78 is 52.0. The normalized spacial score (nSPS) is 12.0. The van der Waals surface area contributed by atoms with Crippen molar-refractivity contribution in [2.75, 3.05) is 0 Å². The largest absolute Gasteiger partial charge is 0.456 e. The maximum Gasteiger partial charge on any atom is 0.206 e. The highest BCUT2D eigenvalue weighted by molar-refractivity contribution is 7.91. The Labute approximate surface area is 405 Å². The Kier molecular flexibility index (Phi) is 11.7. The predicted molar refractivity (Wildman–Crippen MR) is 265 cm³/mol. The predicted octanol–water partition coefficient (Wildman–Crippen LogP) is 14.3. The highest BCUT2D eigenvalue weighted by atomic mass is 32.2. The quantitative estimate of drug-likeness (QED) is 0.117. The third-order valence-corrected chi connectivity index (χ3v) is 14.3. The van der Waals surface area contributed by atoms with E-state index in [0.717, 1.165) is 44.5 Å². The Hall–Kier alpha value is -9.40. The summed E-state index contributed by atoms with van der Waals surface area (Å²) in [6.45, 7) is 3.71. The van der Waals surface area contributed by atoms with Crippen molar-refractivity contribution in [1.82, 2.24) is 0 Å². The van der Waals surface area contributed by atoms with Gasteiger partial charge in [-0.15, -0.1) is 0 Å². The molecule has 10 rings (SSSR count). The number of nitriles is 3. The molecule has 0 atom stereocenters. The number of sulfone groups is 1. The van der Waals surface area contributed by atoms with Gasteiger partial charge >= 0.3 is 0 Å². The molecule has 0 spiro atoms. The lowest BCUT2D eigenvalue weighted by Gasteiger charge is -2.34. The van der Waals surface area contributed by atoms with Crippen molar-refractivity contribution in [2.24, 2.45) is 0 Å². The summed E-state index contributed by atoms with van der Waals surface area (Å²) in [7, 11) is -3.92. The van der Waals surface area contributed by atoms with Crippen molar-refractivity contribution < 1.29 is 27.4 Å². The minimum Gasteiger partial charge on any atom is -0.456 e. The highest BCUT2D eigenvalue weighted by Gasteiger charge is 2.46. The number of hydrogen-bond donors (Lipinski definition) is 0. The van der Waals surface area contributed by atoms with Crippen LogP contribution < -0.4 is 18.9 Å². The third-order valence-electron chi connectivity index (χ3n) is 12.5. The number of hydrogen-bond acceptors (Lipinski definition) is 9. The first-order valence-electron chi connectivity index (χ1n) is 22.2. The van der Waals surface area contributed by atoms with Crippen LogP contribution in [0.25, 0.3) is 11.1 Å². The summed E-state index contributed by atoms with van der Waals surface area (Å²) in [5.74, 6) is 3.20. The van der Waals surface area contributed by atoms with Crippen molar-refractivity contribution in [2.45, 2.75) is 29.1 Å². The number of fused-ring (bicyclic) bond motifs is 3. The average Bonchev–Trinajstić information content (AvgIpc) is 3.68. The molecule has 10 heteroatoms. The number of ether oxygens (including phenoxy) is 4. The molecular weight excluding hydrogens is 891 g/mol. The second-order valence-corrected chi connectivity index (χ2v) is 18.6. The molecule has 70 heavy (non-hydrogen) atoms. The second kappa shape index (κ2) is 18.4. The second-order valence-electron chi connectivity index (χ2n) is 16.6. The van der Waals surface area contributed by atoms with E-state index in [-0.39, 0.29) is 26.9 Å². The topological polar surface area (TPSA) is 142 Å². The van der Waals surface area contributed by atoms with Gasteiger partial charge in [0.2, 0.25) is 9.84 Å². The van der Waals surface area contributed by atoms with Crippen LogP contribution in [0, 0.1) is 47.8 Å². The first-order valence-corrected chi connectivity index (χ1v) is 23.7. The van der Waals surface area contributed by atoms with Crippen LogP contribution in [0.15, 0.2) is 210 Å². The molecule has 0 bridgehead atoms. The Morgan fingerprint density at radius 1 is 0.371 bits per heavy atom. The van der Waals surface area contributed by atoms with Gasteiger partial charge in [-0.3, -0.25) is 0 Å². The van der Waals surface area contributed by atoms with Gasteiger partial charge in [0.05, 0.1) is 26.3 Å². The molecule has 9 nitrogen and oxygen atoms in total. The number of nitrogens with zero attached hydrogens (tertiary/aromatic N) is 3. The fraction of sp³-hybridized carbons (Fsp3) is 0.0500. The molecular formula is C60H39N3O6S. The zero-order chi connectivity index (χ0) is 48.4. The summed E-state index contributed by atoms with van der Waals surface area (Å²) in [6, 6.07) is 67.3. The fourth-order valence-corrected chi connectivity index (χ4v) is 10.4. The van der Waals surface area contributed by atoms with Crippen LogP contribution in [-0.2, 0) is 15.3 Å². The van der Waals surface area contributed by atoms with Crippen molar-refractivity contribution >= 4 is 9.84 Å². The molecule has 9 aromatic rings. The van der Waals surface area contributed by atoms with Crippen LogP contribution in [0.5, 0.6) is 46.0 Å². The minimum atomic E-state index is -3.92. The van der Waals surface area contributed by atoms with Crippen molar-refractivity contribution in [3.8, 4) is 75.3 Å². The maximum atomic E-state index is 13.6. The van der Waals surface area contributed by atoms with Crippen molar-refractivity contribution in [3.05, 3.63) is 250 Å². The standard InChI is InChI=1S/C60H39N3O6S/c1-39-10-7-16-56(51(39)36-61)66-43-24-20-41(21-25-43)60(54-14-5-3-12-49(54)50-13-4-6-15-55(50)60)42-22-26-44(27-23-42)68-58-18-9-19-59(53(58)38-63)69-46-30-34-48(35-31-46)70(64,65)47-32-28-45(29-33-47)67-57-17-8-11-40(2)52(57)37-62/h3-35H,1-2H3. The molecule has 1 aliphatic rings. The lowest BCUT2D eigenvalue weighted by atomic mass is 9.68. The zero-order valence-electron chi connectivity index (χ0n) is 37.8. The minimum absolute atomic E-state index is 0.0469. The SMILES string of the molecule is Cc1cccc(Oc2ccc(C3(c4ccc(Oc5cccc(Oc6ccc(S(=O)(=O)c7ccc(Oc8cccc(C)c8C#N)cc7)cc6)c5C#N)cc4)c4ccccc4-c4ccccc43)cc2)c1C#N. The molecule has 0 saturated carbocycles. The van der Waals surface area contributed by atoms with Crippen LogP contribution in [-0.4, -0.2) is 8.42 Å². The molecule has 0 saturated heterocycles. The zero-order valence-corrected chi connectivity index (χ0v) is 38.6. The summed E-state index contributed by atoms with van der Waals surface area (Å²) in [4.78, 5) is 0.108. The monoisotopic (exact) mass is 929 g/mol. The van der Waals surface area contributed by atoms with Crippen LogP contribution in [0.1, 0.15) is 50.1 Å². The van der Waals surface area contributed by atoms with Gasteiger partial charge in [-0.25, -0.2) is 8.42 Å². The Morgan fingerprint density at radius 2 is 0.686 bits per heavy atom. The molecule has 9 aromatic carbocycles. The van der Waals surface area contributed by atoms with E-state index in [0.29, 0.717) is 45.6 Å². The van der Waals surface area contributed by atoms with Gasteiger partial charge in [-0.05, 0) is 155 Å². The van der Waals surface area contributed by atoms with Crippen molar-refractivity contribution in [1.29, 1.82) is 15.8 Å². The van der Waals surface area contributed by atoms with Crippen LogP contribution >= 0.6 is 0 Å². The van der Waals surface area contributed by atoms with Crippen LogP contribution in [0.4, 0.5) is 0 Å². The van der Waals surface area contributed by atoms with E-state index in [9.17, 15) is 24.2 Å². The molecule has 0 fully saturated rings. The molecule has 0 radical (unpaired) electrons. The molecule has 1 aliphatic carbocycles. The van der Waals surface area contributed by atoms with Gasteiger partial charge in [0.15, 0.2) is 0 Å². The van der Waals surface area contributed by atoms with E-state index < -0.39 is 15.3 Å². The van der Waals surface area contributed by atoms with E-state index in [2.05, 4.69) is 78.9 Å². The van der Waals surface area contributed by atoms with E-state index >= 15 is 0 Å². The first kappa shape index (κ1) is 44.4. The Balaban J connectivity index is 0.896. The van der Waals surface area contributed by atoms with E-state index in [1.165, 1.54) is 36.4 Å². The molecule has 0 unspecified atom stereocenters. The fourth-order valence-electron chi connectivity index (χ4n) is 9.12. The number of aryl methyl sites for hydroxylation is 2. The highest BCUT2D eigenvalue weighted by Crippen LogP contribution is 2.56. The average molecular weight is 930 g/mol. The van der Waals surface area contributed by atoms with Gasteiger partial charge in [-0.1, -0.05) is 103 Å². The molecule has 0 amide bonds. The summed E-state index contributed by atoms with van der Waals surface area (Å²) in [6.07, 6.45) is 0. The van der Waals surface area contributed by atoms with Crippen LogP contribution in [0.2, 0.25) is 0 Å². The molecule has 0 N–H and O–H groups in total. The van der Waals surface area contributed by atoms with Crippen molar-refractivity contribution in [3.63, 3.8) is 0 Å². The molecule has 336 valence electrons. The summed E-state index contributed by atoms with van der Waals surface area (Å²) >= 11 is 0. The van der Waals surface area contributed by atoms with E-state index in [4.69, 9.17) is 18.9 Å². The lowest BCUT2D eigenvalue weighted by Crippen LogP contribution is -2.28. The first-order chi connectivity index (χ1) is 34.1.